The summed E-state index contributed by atoms with van der Waals surface area (Å²) in [4.78, 5) is 73.5. The van der Waals surface area contributed by atoms with Crippen molar-refractivity contribution in [2.24, 2.45) is 34.5 Å². The first-order chi connectivity index (χ1) is 39.0. The smallest absolute Gasteiger partial charge is 0.524 e. The van der Waals surface area contributed by atoms with Crippen LogP contribution in [0.5, 0.6) is 5.75 Å². The van der Waals surface area contributed by atoms with Crippen LogP contribution < -0.4 is 32.1 Å². The first-order valence-electron chi connectivity index (χ1n) is 29.8. The first kappa shape index (κ1) is 63.4. The zero-order valence-electron chi connectivity index (χ0n) is 47.6. The van der Waals surface area contributed by atoms with Crippen LogP contribution in [-0.2, 0) is 50.9 Å². The van der Waals surface area contributed by atoms with E-state index < -0.39 is 67.3 Å². The number of aliphatic hydroxyl groups excluding tert-OH is 2. The molecule has 4 unspecified atom stereocenters. The lowest BCUT2D eigenvalue weighted by atomic mass is 9.46. The van der Waals surface area contributed by atoms with Crippen LogP contribution in [0.3, 0.4) is 0 Å². The fourth-order valence-electron chi connectivity index (χ4n) is 14.6. The second-order valence-electron chi connectivity index (χ2n) is 24.0. The van der Waals surface area contributed by atoms with Crippen molar-refractivity contribution in [1.82, 2.24) is 10.6 Å². The number of carbonyl (C=O) groups excluding carboxylic acids is 4. The number of nitrogens with zero attached hydrogens (tertiary/aromatic N) is 1. The number of ketones is 2. The molecule has 10 atom stereocenters. The fraction of sp³-hybridized carbons (Fsp3) is 0.603. The molecule has 2 aromatic carbocycles. The third kappa shape index (κ3) is 14.9. The van der Waals surface area contributed by atoms with Crippen molar-refractivity contribution in [2.45, 2.75) is 166 Å². The lowest BCUT2D eigenvalue weighted by molar-refractivity contribution is -0.688. The van der Waals surface area contributed by atoms with Crippen molar-refractivity contribution in [3.63, 3.8) is 0 Å². The molecule has 4 saturated carbocycles. The Kier molecular flexibility index (Phi) is 22.0. The molecular formula is C63H85ClN3O14P. The zero-order chi connectivity index (χ0) is 57.2. The number of unbranched alkanes of at least 4 members (excludes halogenated alkanes) is 4. The summed E-state index contributed by atoms with van der Waals surface area (Å²) in [6, 6.07) is 18.4. The summed E-state index contributed by atoms with van der Waals surface area (Å²) in [5.41, 5.74) is 0.884. The van der Waals surface area contributed by atoms with Crippen molar-refractivity contribution in [1.29, 1.82) is 0 Å². The number of amides is 1. The number of hydrogen-bond donors (Lipinski definition) is 6. The fourth-order valence-corrected chi connectivity index (χ4v) is 15.1. The number of Topliss-reactive ketones (excluding diaryl/α,β-unsaturated/α-hetero) is 1. The van der Waals surface area contributed by atoms with Gasteiger partial charge in [-0.2, -0.15) is 4.57 Å². The predicted molar refractivity (Wildman–Crippen MR) is 301 cm³/mol. The predicted octanol–water partition coefficient (Wildman–Crippen LogP) is 5.29. The van der Waals surface area contributed by atoms with Crippen LogP contribution in [0.15, 0.2) is 96.9 Å². The van der Waals surface area contributed by atoms with E-state index in [4.69, 9.17) is 23.5 Å². The molecule has 0 spiro atoms. The molecule has 9 rings (SSSR count). The molecule has 448 valence electrons. The van der Waals surface area contributed by atoms with E-state index >= 15 is 0 Å². The van der Waals surface area contributed by atoms with E-state index in [0.717, 1.165) is 109 Å². The number of phosphoric acid groups is 1. The van der Waals surface area contributed by atoms with Gasteiger partial charge in [-0.25, -0.2) is 4.57 Å². The van der Waals surface area contributed by atoms with Crippen molar-refractivity contribution in [3.8, 4) is 5.75 Å². The van der Waals surface area contributed by atoms with Crippen molar-refractivity contribution < 1.29 is 84.2 Å². The van der Waals surface area contributed by atoms with Gasteiger partial charge in [0.2, 0.25) is 5.78 Å². The van der Waals surface area contributed by atoms with Crippen molar-refractivity contribution in [3.05, 3.63) is 119 Å². The Hall–Kier alpha value is -4.65. The number of hydrogen-bond acceptors (Lipinski definition) is 13. The lowest BCUT2D eigenvalue weighted by Gasteiger charge is -2.59. The third-order valence-corrected chi connectivity index (χ3v) is 19.1. The summed E-state index contributed by atoms with van der Waals surface area (Å²) in [5, 5.41) is 29.4. The molecule has 2 heterocycles. The highest BCUT2D eigenvalue weighted by atomic mass is 35.5. The van der Waals surface area contributed by atoms with Gasteiger partial charge in [0.25, 0.3) is 5.91 Å². The summed E-state index contributed by atoms with van der Waals surface area (Å²) in [6.07, 6.45) is 20.7. The highest BCUT2D eigenvalue weighted by Gasteiger charge is 2.76. The highest BCUT2D eigenvalue weighted by molar-refractivity contribution is 7.46. The molecule has 0 bridgehead atoms. The molecule has 1 amide bonds. The van der Waals surface area contributed by atoms with Crippen LogP contribution >= 0.6 is 7.82 Å². The number of nitrogens with one attached hydrogen (secondary N) is 2. The number of aromatic nitrogens is 1. The molecule has 6 N–H and O–H groups in total. The molecule has 19 heteroatoms. The van der Waals surface area contributed by atoms with Gasteiger partial charge in [0.05, 0.1) is 23.9 Å². The molecule has 3 aromatic rings. The number of phosphoric ester groups is 1. The van der Waals surface area contributed by atoms with Crippen LogP contribution in [0, 0.1) is 34.5 Å². The van der Waals surface area contributed by atoms with Gasteiger partial charge in [0.1, 0.15) is 11.3 Å². The van der Waals surface area contributed by atoms with Crippen LogP contribution in [-0.4, -0.2) is 107 Å². The Labute approximate surface area is 489 Å². The molecule has 1 aliphatic heterocycles. The Morgan fingerprint density at radius 1 is 0.915 bits per heavy atom. The Morgan fingerprint density at radius 3 is 2.46 bits per heavy atom. The Balaban J connectivity index is 0.00000880. The number of rotatable bonds is 28. The number of carbonyl (C=O) groups is 4. The minimum atomic E-state index is -4.94. The van der Waals surface area contributed by atoms with E-state index in [9.17, 15) is 43.7 Å². The number of esters is 1. The van der Waals surface area contributed by atoms with E-state index in [-0.39, 0.29) is 91.4 Å². The standard InChI is InChI=1S/C63H84N3O14P.ClH/c1-61-29-28-49(67)36-48(61)25-26-50-51-37-56-63(62(51,2)38-52(68)58(50)61,79-60(78-56)44-20-9-6-10-21-44)55(70)42-77-57(71)23-15-31-65-59(72)46-22-16-32-66(40-46)41-47-35-45(24-27-54(47)80-81(73,74)75)53(69)39-64-30-12-3-4-13-33-76-34-14-11-19-43-17-7-5-8-18-43;/h5,7-8,16-18,22,24,27-29,32,35-36,40,44,50-53,56,58,60,64,68-69H,3-4,6,9-15,19-21,23,25-26,30-31,33-34,37-39,41-42H2,1-2H3,(H2-,65,72,73,74,75);1H/t50?,51?,52-,53?,56-,58?,60+,61-,62-,63+;/m0./s1. The molecule has 5 aliphatic carbocycles. The molecule has 0 radical (unpaired) electrons. The Morgan fingerprint density at radius 2 is 1.68 bits per heavy atom. The van der Waals surface area contributed by atoms with Gasteiger partial charge in [0.15, 0.2) is 43.2 Å². The number of pyridine rings is 1. The largest absolute Gasteiger partial charge is 1.00 e. The summed E-state index contributed by atoms with van der Waals surface area (Å²) < 4.78 is 44.0. The van der Waals surface area contributed by atoms with Crippen LogP contribution in [0.4, 0.5) is 0 Å². The summed E-state index contributed by atoms with van der Waals surface area (Å²) in [6.45, 7) is 6.35. The van der Waals surface area contributed by atoms with E-state index in [1.165, 1.54) is 11.6 Å². The maximum Gasteiger partial charge on any atom is 0.524 e. The zero-order valence-corrected chi connectivity index (χ0v) is 49.3. The van der Waals surface area contributed by atoms with Crippen LogP contribution in [0.1, 0.15) is 156 Å². The highest BCUT2D eigenvalue weighted by Crippen LogP contribution is 2.70. The second kappa shape index (κ2) is 28.5. The van der Waals surface area contributed by atoms with E-state index in [1.54, 1.807) is 53.4 Å². The number of halogens is 1. The average molecular weight is 1170 g/mol. The van der Waals surface area contributed by atoms with E-state index in [2.05, 4.69) is 48.7 Å². The average Bonchev–Trinajstić information content (AvgIpc) is 2.28. The minimum Gasteiger partial charge on any atom is -1.00 e. The number of benzene rings is 2. The van der Waals surface area contributed by atoms with Crippen molar-refractivity contribution in [2.75, 3.05) is 39.5 Å². The number of allylic oxidation sites excluding steroid dienone is 4. The van der Waals surface area contributed by atoms with Gasteiger partial charge in [-0.3, -0.25) is 29.0 Å². The van der Waals surface area contributed by atoms with Crippen LogP contribution in [0.25, 0.3) is 0 Å². The van der Waals surface area contributed by atoms with Crippen molar-refractivity contribution >= 4 is 31.3 Å². The molecule has 82 heavy (non-hydrogen) atoms. The number of aliphatic hydroxyl groups is 2. The molecule has 17 nitrogen and oxygen atoms in total. The number of ether oxygens (including phenoxy) is 4. The van der Waals surface area contributed by atoms with Gasteiger partial charge in [-0.15, -0.1) is 0 Å². The maximum absolute atomic E-state index is 14.9. The van der Waals surface area contributed by atoms with E-state index in [1.807, 2.05) is 12.1 Å². The monoisotopic (exact) mass is 1170 g/mol. The minimum absolute atomic E-state index is 0. The molecule has 6 aliphatic rings. The van der Waals surface area contributed by atoms with Gasteiger partial charge in [-0.1, -0.05) is 94.0 Å². The van der Waals surface area contributed by atoms with Crippen LogP contribution in [0.2, 0.25) is 0 Å². The normalized spacial score (nSPS) is 27.9. The SMILES string of the molecule is C[C@]12C=CC(=O)C=C1CCC1C2[C@@H](O)C[C@@]2(C)C1C[C@@H]1O[C@@H](C3CCCCC3)O[C@]12C(=O)COC(=O)CCCNC(=O)c1ccc[n+](Cc2cc(C(O)CNCCCCCCOCCCCc3ccccc3)ccc2OP(=O)(O)O)c1.[Cl-]. The van der Waals surface area contributed by atoms with Gasteiger partial charge in [0, 0.05) is 61.5 Å². The third-order valence-electron chi connectivity index (χ3n) is 18.6. The quantitative estimate of drug-likeness (QED) is 0.0234. The van der Waals surface area contributed by atoms with E-state index in [0.29, 0.717) is 30.5 Å². The number of aryl methyl sites for hydroxylation is 1. The lowest BCUT2D eigenvalue weighted by Crippen LogP contribution is -3.00. The summed E-state index contributed by atoms with van der Waals surface area (Å²) in [5.74, 6) is -1.44. The topological polar surface area (TPSA) is 240 Å². The van der Waals surface area contributed by atoms with Gasteiger partial charge in [-0.05, 0) is 137 Å². The summed E-state index contributed by atoms with van der Waals surface area (Å²) in [7, 11) is -4.94. The molecule has 1 saturated heterocycles. The van der Waals surface area contributed by atoms with Gasteiger partial charge < -0.3 is 56.7 Å². The maximum atomic E-state index is 14.9. The number of fused-ring (bicyclic) bond motifs is 7. The van der Waals surface area contributed by atoms with Gasteiger partial charge >= 0.3 is 13.8 Å². The summed E-state index contributed by atoms with van der Waals surface area (Å²) >= 11 is 0. The molecule has 1 aromatic heterocycles. The second-order valence-corrected chi connectivity index (χ2v) is 25.2. The molecular weight excluding hydrogens is 1090 g/mol. The first-order valence-corrected chi connectivity index (χ1v) is 31.3. The Bertz CT molecular complexity index is 2790. The molecule has 5 fully saturated rings.